The van der Waals surface area contributed by atoms with E-state index in [0.717, 1.165) is 22.1 Å². The second-order valence-corrected chi connectivity index (χ2v) is 6.65. The van der Waals surface area contributed by atoms with E-state index in [-0.39, 0.29) is 0 Å². The van der Waals surface area contributed by atoms with Gasteiger partial charge in [-0.1, -0.05) is 62.7 Å². The van der Waals surface area contributed by atoms with Crippen LogP contribution in [0.3, 0.4) is 0 Å². The summed E-state index contributed by atoms with van der Waals surface area (Å²) in [5.41, 5.74) is 3.17. The first-order chi connectivity index (χ1) is 11.2. The minimum absolute atomic E-state index is 0.351. The molecule has 0 radical (unpaired) electrons. The standard InChI is InChI=1S/C20H18NOP/c1-15-11-12-18(22)20(13-15)23-19-10-6-5-7-16(19)14-21-17-8-3-2-4-9-17/h2-14,22-23H,1H3. The van der Waals surface area contributed by atoms with E-state index >= 15 is 0 Å². The summed E-state index contributed by atoms with van der Waals surface area (Å²) in [5.74, 6) is 0.351. The Morgan fingerprint density at radius 2 is 1.61 bits per heavy atom. The van der Waals surface area contributed by atoms with Crippen molar-refractivity contribution in [2.75, 3.05) is 0 Å². The number of aliphatic imine (C=N–C) groups is 1. The van der Waals surface area contributed by atoms with Crippen molar-refractivity contribution in [1.29, 1.82) is 0 Å². The largest absolute Gasteiger partial charge is 0.507 e. The van der Waals surface area contributed by atoms with Crippen molar-refractivity contribution >= 4 is 31.1 Å². The molecule has 0 saturated carbocycles. The fourth-order valence-electron chi connectivity index (χ4n) is 2.28. The normalized spacial score (nSPS) is 11.5. The van der Waals surface area contributed by atoms with Crippen LogP contribution in [0.5, 0.6) is 5.75 Å². The molecule has 0 aliphatic heterocycles. The Kier molecular flexibility index (Phi) is 4.85. The Morgan fingerprint density at radius 3 is 2.43 bits per heavy atom. The Labute approximate surface area is 138 Å². The lowest BCUT2D eigenvalue weighted by atomic mass is 10.2. The maximum atomic E-state index is 10.1. The van der Waals surface area contributed by atoms with Crippen LogP contribution in [0, 0.1) is 6.92 Å². The van der Waals surface area contributed by atoms with Crippen molar-refractivity contribution in [3.8, 4) is 5.75 Å². The number of hydrogen-bond acceptors (Lipinski definition) is 2. The lowest BCUT2D eigenvalue weighted by molar-refractivity contribution is 0.479. The van der Waals surface area contributed by atoms with Gasteiger partial charge in [-0.2, -0.15) is 0 Å². The first kappa shape index (κ1) is 15.5. The number of phenols is 1. The maximum Gasteiger partial charge on any atom is 0.123 e. The van der Waals surface area contributed by atoms with Crippen molar-refractivity contribution in [2.45, 2.75) is 6.92 Å². The van der Waals surface area contributed by atoms with Crippen LogP contribution in [-0.4, -0.2) is 11.3 Å². The second-order valence-electron chi connectivity index (χ2n) is 5.33. The van der Waals surface area contributed by atoms with Crippen molar-refractivity contribution in [2.24, 2.45) is 4.99 Å². The van der Waals surface area contributed by atoms with E-state index in [1.54, 1.807) is 6.07 Å². The molecule has 0 saturated heterocycles. The lowest BCUT2D eigenvalue weighted by Gasteiger charge is -2.09. The Balaban J connectivity index is 1.89. The molecular weight excluding hydrogens is 301 g/mol. The molecule has 0 heterocycles. The fraction of sp³-hybridized carbons (Fsp3) is 0.0500. The zero-order chi connectivity index (χ0) is 16.1. The van der Waals surface area contributed by atoms with Crippen molar-refractivity contribution < 1.29 is 5.11 Å². The van der Waals surface area contributed by atoms with E-state index in [2.05, 4.69) is 17.1 Å². The number of para-hydroxylation sites is 1. The summed E-state index contributed by atoms with van der Waals surface area (Å²) in [6.07, 6.45) is 1.89. The molecule has 3 aromatic carbocycles. The smallest absolute Gasteiger partial charge is 0.123 e. The van der Waals surface area contributed by atoms with Crippen molar-refractivity contribution in [3.63, 3.8) is 0 Å². The van der Waals surface area contributed by atoms with E-state index < -0.39 is 0 Å². The van der Waals surface area contributed by atoms with Gasteiger partial charge in [-0.3, -0.25) is 4.99 Å². The van der Waals surface area contributed by atoms with Gasteiger partial charge in [-0.25, -0.2) is 0 Å². The predicted molar refractivity (Wildman–Crippen MR) is 101 cm³/mol. The summed E-state index contributed by atoms with van der Waals surface area (Å²) in [6, 6.07) is 23.8. The van der Waals surface area contributed by atoms with Crippen LogP contribution in [0.25, 0.3) is 0 Å². The average Bonchev–Trinajstić information content (AvgIpc) is 2.58. The van der Waals surface area contributed by atoms with Gasteiger partial charge >= 0.3 is 0 Å². The number of aromatic hydroxyl groups is 1. The minimum atomic E-state index is 0.351. The van der Waals surface area contributed by atoms with E-state index in [0.29, 0.717) is 14.3 Å². The van der Waals surface area contributed by atoms with Crippen LogP contribution in [0.15, 0.2) is 77.8 Å². The predicted octanol–water partition coefficient (Wildman–Crippen LogP) is 4.08. The van der Waals surface area contributed by atoms with Gasteiger partial charge in [0.25, 0.3) is 0 Å². The maximum absolute atomic E-state index is 10.1. The average molecular weight is 319 g/mol. The Hall–Kier alpha value is -2.44. The molecule has 0 bridgehead atoms. The molecule has 114 valence electrons. The van der Waals surface area contributed by atoms with Crippen molar-refractivity contribution in [3.05, 3.63) is 83.9 Å². The van der Waals surface area contributed by atoms with E-state index in [1.807, 2.05) is 67.7 Å². The summed E-state index contributed by atoms with van der Waals surface area (Å²) < 4.78 is 0. The molecule has 0 fully saturated rings. The van der Waals surface area contributed by atoms with Gasteiger partial charge in [0.15, 0.2) is 0 Å². The molecule has 0 aliphatic rings. The molecule has 1 unspecified atom stereocenters. The number of hydrogen-bond donors (Lipinski definition) is 1. The van der Waals surface area contributed by atoms with Gasteiger partial charge in [0, 0.05) is 17.1 Å². The quantitative estimate of drug-likeness (QED) is 0.570. The highest BCUT2D eigenvalue weighted by Crippen LogP contribution is 2.21. The highest BCUT2D eigenvalue weighted by atomic mass is 31.1. The molecule has 0 amide bonds. The van der Waals surface area contributed by atoms with Crippen LogP contribution < -0.4 is 10.6 Å². The molecule has 0 aromatic heterocycles. The third kappa shape index (κ3) is 4.06. The molecule has 1 atom stereocenters. The van der Waals surface area contributed by atoms with E-state index in [1.165, 1.54) is 5.30 Å². The van der Waals surface area contributed by atoms with Gasteiger partial charge in [0.2, 0.25) is 0 Å². The van der Waals surface area contributed by atoms with Gasteiger partial charge in [-0.05, 0) is 36.5 Å². The monoisotopic (exact) mass is 319 g/mol. The number of benzene rings is 3. The van der Waals surface area contributed by atoms with Crippen LogP contribution in [0.2, 0.25) is 0 Å². The summed E-state index contributed by atoms with van der Waals surface area (Å²) in [7, 11) is 0.397. The van der Waals surface area contributed by atoms with Crippen LogP contribution in [-0.2, 0) is 0 Å². The van der Waals surface area contributed by atoms with Crippen LogP contribution in [0.1, 0.15) is 11.1 Å². The number of rotatable bonds is 4. The molecular formula is C20H18NOP. The first-order valence-electron chi connectivity index (χ1n) is 7.47. The minimum Gasteiger partial charge on any atom is -0.507 e. The first-order valence-corrected chi connectivity index (χ1v) is 8.47. The van der Waals surface area contributed by atoms with Crippen molar-refractivity contribution in [1.82, 2.24) is 0 Å². The fourth-order valence-corrected chi connectivity index (χ4v) is 3.55. The molecule has 3 heteroatoms. The summed E-state index contributed by atoms with van der Waals surface area (Å²) in [4.78, 5) is 4.54. The van der Waals surface area contributed by atoms with Crippen LogP contribution in [0.4, 0.5) is 5.69 Å². The number of nitrogens with zero attached hydrogens (tertiary/aromatic N) is 1. The topological polar surface area (TPSA) is 32.6 Å². The second kappa shape index (κ2) is 7.21. The third-order valence-corrected chi connectivity index (χ3v) is 4.89. The molecule has 23 heavy (non-hydrogen) atoms. The number of phenolic OH excluding ortho intramolecular Hbond substituents is 1. The van der Waals surface area contributed by atoms with Gasteiger partial charge in [0.1, 0.15) is 5.75 Å². The summed E-state index contributed by atoms with van der Waals surface area (Å²) in [6.45, 7) is 2.04. The van der Waals surface area contributed by atoms with Gasteiger partial charge in [-0.15, -0.1) is 0 Å². The van der Waals surface area contributed by atoms with Gasteiger partial charge < -0.3 is 5.11 Å². The lowest BCUT2D eigenvalue weighted by Crippen LogP contribution is -2.09. The Bertz CT molecular complexity index is 828. The van der Waals surface area contributed by atoms with Gasteiger partial charge in [0.05, 0.1) is 5.69 Å². The molecule has 1 N–H and O–H groups in total. The highest BCUT2D eigenvalue weighted by Gasteiger charge is 2.06. The highest BCUT2D eigenvalue weighted by molar-refractivity contribution is 7.56. The SMILES string of the molecule is Cc1ccc(O)c(Pc2ccccc2C=Nc2ccccc2)c1. The van der Waals surface area contributed by atoms with Crippen LogP contribution >= 0.6 is 8.58 Å². The summed E-state index contributed by atoms with van der Waals surface area (Å²) >= 11 is 0. The summed E-state index contributed by atoms with van der Waals surface area (Å²) in [5, 5.41) is 12.2. The van der Waals surface area contributed by atoms with E-state index in [4.69, 9.17) is 0 Å². The molecule has 3 rings (SSSR count). The molecule has 3 aromatic rings. The third-order valence-electron chi connectivity index (χ3n) is 3.49. The molecule has 2 nitrogen and oxygen atoms in total. The number of aryl methyl sites for hydroxylation is 1. The Morgan fingerprint density at radius 1 is 0.870 bits per heavy atom. The zero-order valence-corrected chi connectivity index (χ0v) is 13.9. The zero-order valence-electron chi connectivity index (χ0n) is 12.9. The van der Waals surface area contributed by atoms with E-state index in [9.17, 15) is 5.11 Å². The molecule has 0 spiro atoms. The molecule has 0 aliphatic carbocycles.